The van der Waals surface area contributed by atoms with E-state index in [2.05, 4.69) is 20.8 Å². The van der Waals surface area contributed by atoms with Gasteiger partial charge in [-0.05, 0) is 55.7 Å². The van der Waals surface area contributed by atoms with Crippen LogP contribution in [0.2, 0.25) is 0 Å². The Balaban J connectivity index is 1.99. The third kappa shape index (κ3) is 2.29. The molecular formula is C18H22FO3-. The van der Waals surface area contributed by atoms with Crippen molar-refractivity contribution in [3.63, 3.8) is 0 Å². The van der Waals surface area contributed by atoms with Gasteiger partial charge in [0.2, 0.25) is 0 Å². The number of fused-ring (bicyclic) bond motifs is 2. The number of hydrogen-bond donors (Lipinski definition) is 0. The summed E-state index contributed by atoms with van der Waals surface area (Å²) in [5.74, 6) is -0.761. The molecule has 0 aliphatic heterocycles. The van der Waals surface area contributed by atoms with Crippen LogP contribution in [-0.2, 0) is 0 Å². The van der Waals surface area contributed by atoms with Crippen LogP contribution in [-0.4, -0.2) is 11.6 Å². The lowest BCUT2D eigenvalue weighted by atomic mass is 9.67. The predicted octanol–water partition coefficient (Wildman–Crippen LogP) is 3.17. The smallest absolute Gasteiger partial charge is 0.165 e. The largest absolute Gasteiger partial charge is 0.545 e. The number of benzene rings is 1. The maximum atomic E-state index is 14.1. The molecule has 2 aliphatic carbocycles. The van der Waals surface area contributed by atoms with Gasteiger partial charge in [-0.3, -0.25) is 0 Å². The second kappa shape index (κ2) is 4.97. The lowest BCUT2D eigenvalue weighted by Gasteiger charge is -2.48. The molecule has 3 nitrogen and oxygen atoms in total. The lowest BCUT2D eigenvalue weighted by molar-refractivity contribution is -0.255. The fraction of sp³-hybridized carbons (Fsp3) is 0.611. The van der Waals surface area contributed by atoms with Crippen molar-refractivity contribution < 1.29 is 19.0 Å². The summed E-state index contributed by atoms with van der Waals surface area (Å²) in [5, 5.41) is 11.0. The first-order chi connectivity index (χ1) is 10.2. The zero-order chi connectivity index (χ0) is 16.1. The van der Waals surface area contributed by atoms with Gasteiger partial charge in [-0.2, -0.15) is 0 Å². The van der Waals surface area contributed by atoms with Crippen molar-refractivity contribution in [1.82, 2.24) is 0 Å². The summed E-state index contributed by atoms with van der Waals surface area (Å²) in [7, 11) is 0. The van der Waals surface area contributed by atoms with Crippen molar-refractivity contribution in [2.45, 2.75) is 52.1 Å². The van der Waals surface area contributed by atoms with E-state index in [9.17, 15) is 14.3 Å². The Morgan fingerprint density at radius 1 is 1.36 bits per heavy atom. The van der Waals surface area contributed by atoms with Gasteiger partial charge in [0.25, 0.3) is 0 Å². The van der Waals surface area contributed by atoms with E-state index in [1.54, 1.807) is 0 Å². The molecule has 120 valence electrons. The first kappa shape index (κ1) is 15.3. The first-order valence-electron chi connectivity index (χ1n) is 7.93. The fourth-order valence-electron chi connectivity index (χ4n) is 4.38. The molecule has 1 aromatic carbocycles. The molecular weight excluding hydrogens is 283 g/mol. The SMILES string of the molecule is CC(C)(C)C1(Oc2cc(C(=O)[O-])ccc2F)CC2CCC1C2. The van der Waals surface area contributed by atoms with Crippen molar-refractivity contribution in [1.29, 1.82) is 0 Å². The number of carboxylic acid groups (broad SMARTS) is 1. The molecule has 0 heterocycles. The minimum atomic E-state index is -1.32. The third-order valence-corrected chi connectivity index (χ3v) is 5.52. The number of hydrogen-bond acceptors (Lipinski definition) is 3. The molecule has 3 unspecified atom stereocenters. The second-order valence-electron chi connectivity index (χ2n) is 7.75. The van der Waals surface area contributed by atoms with Gasteiger partial charge in [-0.15, -0.1) is 0 Å². The molecule has 1 aromatic rings. The van der Waals surface area contributed by atoms with Crippen molar-refractivity contribution in [2.75, 3.05) is 0 Å². The molecule has 3 atom stereocenters. The van der Waals surface area contributed by atoms with E-state index in [1.807, 2.05) is 0 Å². The number of halogens is 1. The molecule has 0 saturated heterocycles. The van der Waals surface area contributed by atoms with Crippen LogP contribution in [0.5, 0.6) is 5.75 Å². The molecule has 22 heavy (non-hydrogen) atoms. The summed E-state index contributed by atoms with van der Waals surface area (Å²) in [6.45, 7) is 6.36. The maximum absolute atomic E-state index is 14.1. The Morgan fingerprint density at radius 2 is 2.09 bits per heavy atom. The predicted molar refractivity (Wildman–Crippen MR) is 79.0 cm³/mol. The van der Waals surface area contributed by atoms with Crippen LogP contribution in [0.3, 0.4) is 0 Å². The Kier molecular flexibility index (Phi) is 3.46. The summed E-state index contributed by atoms with van der Waals surface area (Å²) in [6.07, 6.45) is 4.35. The monoisotopic (exact) mass is 305 g/mol. The van der Waals surface area contributed by atoms with E-state index in [4.69, 9.17) is 4.74 Å². The number of carbonyl (C=O) groups is 1. The highest BCUT2D eigenvalue weighted by molar-refractivity contribution is 5.86. The van der Waals surface area contributed by atoms with E-state index < -0.39 is 17.4 Å². The van der Waals surface area contributed by atoms with E-state index in [1.165, 1.54) is 18.6 Å². The number of carbonyl (C=O) groups excluding carboxylic acids is 1. The Morgan fingerprint density at radius 3 is 2.59 bits per heavy atom. The van der Waals surface area contributed by atoms with Crippen LogP contribution < -0.4 is 9.84 Å². The third-order valence-electron chi connectivity index (χ3n) is 5.52. The Hall–Kier alpha value is -1.58. The van der Waals surface area contributed by atoms with Gasteiger partial charge in [0.1, 0.15) is 5.60 Å². The second-order valence-corrected chi connectivity index (χ2v) is 7.75. The Bertz CT molecular complexity index is 605. The average Bonchev–Trinajstić information content (AvgIpc) is 3.01. The Labute approximate surface area is 130 Å². The van der Waals surface area contributed by atoms with Crippen molar-refractivity contribution in [3.05, 3.63) is 29.6 Å². The van der Waals surface area contributed by atoms with Gasteiger partial charge < -0.3 is 14.6 Å². The van der Waals surface area contributed by atoms with Gasteiger partial charge in [-0.25, -0.2) is 4.39 Å². The fourth-order valence-corrected chi connectivity index (χ4v) is 4.38. The number of rotatable bonds is 3. The van der Waals surface area contributed by atoms with Gasteiger partial charge in [0.05, 0.1) is 5.97 Å². The molecule has 0 amide bonds. The maximum Gasteiger partial charge on any atom is 0.165 e. The van der Waals surface area contributed by atoms with Crippen LogP contribution in [0, 0.1) is 23.1 Å². The highest BCUT2D eigenvalue weighted by Crippen LogP contribution is 2.59. The molecule has 2 bridgehead atoms. The van der Waals surface area contributed by atoms with Crippen molar-refractivity contribution >= 4 is 5.97 Å². The van der Waals surface area contributed by atoms with Crippen molar-refractivity contribution in [2.24, 2.45) is 17.3 Å². The molecule has 2 aliphatic rings. The molecule has 0 aromatic heterocycles. The highest BCUT2D eigenvalue weighted by atomic mass is 19.1. The van der Waals surface area contributed by atoms with Crippen LogP contribution in [0.15, 0.2) is 18.2 Å². The molecule has 3 rings (SSSR count). The van der Waals surface area contributed by atoms with Gasteiger partial charge in [-0.1, -0.05) is 20.8 Å². The average molecular weight is 305 g/mol. The summed E-state index contributed by atoms with van der Waals surface area (Å²) in [6, 6.07) is 3.61. The minimum Gasteiger partial charge on any atom is -0.545 e. The zero-order valence-corrected chi connectivity index (χ0v) is 13.3. The van der Waals surface area contributed by atoms with Crippen molar-refractivity contribution in [3.8, 4) is 5.75 Å². The van der Waals surface area contributed by atoms with E-state index in [-0.39, 0.29) is 16.7 Å². The van der Waals surface area contributed by atoms with Crippen LogP contribution in [0.4, 0.5) is 4.39 Å². The van der Waals surface area contributed by atoms with Gasteiger partial charge in [0, 0.05) is 11.0 Å². The minimum absolute atomic E-state index is 0.0316. The molecule has 0 radical (unpaired) electrons. The first-order valence-corrected chi connectivity index (χ1v) is 7.93. The van der Waals surface area contributed by atoms with Gasteiger partial charge in [0.15, 0.2) is 11.6 Å². The number of aromatic carboxylic acids is 1. The summed E-state index contributed by atoms with van der Waals surface area (Å²) in [5.41, 5.74) is -0.624. The molecule has 2 fully saturated rings. The van der Waals surface area contributed by atoms with Crippen LogP contribution >= 0.6 is 0 Å². The zero-order valence-electron chi connectivity index (χ0n) is 13.3. The number of carboxylic acids is 1. The van der Waals surface area contributed by atoms with Crippen LogP contribution in [0.1, 0.15) is 56.8 Å². The van der Waals surface area contributed by atoms with E-state index >= 15 is 0 Å². The molecule has 0 spiro atoms. The standard InChI is InChI=1S/C18H23FO3/c1-17(2,3)18(10-11-4-6-13(18)8-11)22-15-9-12(16(20)21)5-7-14(15)19/h5,7,9,11,13H,4,6,8,10H2,1-3H3,(H,20,21)/p-1. The molecule has 0 N–H and O–H groups in total. The highest BCUT2D eigenvalue weighted by Gasteiger charge is 2.59. The lowest BCUT2D eigenvalue weighted by Crippen LogP contribution is -2.52. The summed E-state index contributed by atoms with van der Waals surface area (Å²) in [4.78, 5) is 11.0. The van der Waals surface area contributed by atoms with Gasteiger partial charge >= 0.3 is 0 Å². The molecule has 2 saturated carbocycles. The molecule has 4 heteroatoms. The summed E-state index contributed by atoms with van der Waals surface area (Å²) < 4.78 is 20.4. The normalized spacial score (nSPS) is 30.5. The van der Waals surface area contributed by atoms with E-state index in [0.29, 0.717) is 11.8 Å². The summed E-state index contributed by atoms with van der Waals surface area (Å²) >= 11 is 0. The topological polar surface area (TPSA) is 49.4 Å². The van der Waals surface area contributed by atoms with Crippen LogP contribution in [0.25, 0.3) is 0 Å². The van der Waals surface area contributed by atoms with E-state index in [0.717, 1.165) is 25.3 Å². The quantitative estimate of drug-likeness (QED) is 0.862. The number of ether oxygens (including phenoxy) is 1.